The maximum atomic E-state index is 12.2. The van der Waals surface area contributed by atoms with Gasteiger partial charge in [0.25, 0.3) is 5.69 Å². The molecule has 0 atom stereocenters. The Labute approximate surface area is 118 Å². The van der Waals surface area contributed by atoms with E-state index in [0.717, 1.165) is 0 Å². The van der Waals surface area contributed by atoms with Crippen molar-refractivity contribution in [2.75, 3.05) is 12.5 Å². The van der Waals surface area contributed by atoms with Crippen molar-refractivity contribution in [1.29, 1.82) is 5.26 Å². The van der Waals surface area contributed by atoms with E-state index in [1.165, 1.54) is 47.8 Å². The molecule has 0 aromatic heterocycles. The lowest BCUT2D eigenvalue weighted by molar-refractivity contribution is -0.384. The van der Waals surface area contributed by atoms with Crippen LogP contribution >= 0.6 is 23.5 Å². The summed E-state index contributed by atoms with van der Waals surface area (Å²) >= 11 is 2.60. The monoisotopic (exact) mass is 294 g/mol. The van der Waals surface area contributed by atoms with E-state index in [9.17, 15) is 14.9 Å². The van der Waals surface area contributed by atoms with E-state index in [-0.39, 0.29) is 16.8 Å². The van der Waals surface area contributed by atoms with Gasteiger partial charge in [-0.25, -0.2) is 0 Å². The third-order valence-corrected chi connectivity index (χ3v) is 4.38. The highest BCUT2D eigenvalue weighted by Crippen LogP contribution is 2.29. The Hall–Kier alpha value is -1.78. The van der Waals surface area contributed by atoms with Crippen LogP contribution in [0.1, 0.15) is 10.4 Å². The zero-order chi connectivity index (χ0) is 14.4. The summed E-state index contributed by atoms with van der Waals surface area (Å²) in [6, 6.07) is 7.24. The third-order valence-electron chi connectivity index (χ3n) is 2.23. The molecule has 0 aliphatic rings. The van der Waals surface area contributed by atoms with Gasteiger partial charge in [0, 0.05) is 17.7 Å². The van der Waals surface area contributed by atoms with Gasteiger partial charge >= 0.3 is 0 Å². The fourth-order valence-electron chi connectivity index (χ4n) is 1.38. The molecule has 19 heavy (non-hydrogen) atoms. The summed E-state index contributed by atoms with van der Waals surface area (Å²) in [5, 5.41) is 19.8. The zero-order valence-corrected chi connectivity index (χ0v) is 11.9. The van der Waals surface area contributed by atoms with Crippen LogP contribution in [0.2, 0.25) is 0 Å². The first-order valence-corrected chi connectivity index (χ1v) is 7.51. The second-order valence-corrected chi connectivity index (χ2v) is 5.21. The number of nitro groups is 1. The standard InChI is InChI=1S/C12H10N2O3S2/c1-18-12(19-2)10(7-13)11(15)8-4-3-5-9(6-8)14(16)17/h3-6H,1-2H3. The largest absolute Gasteiger partial charge is 0.288 e. The Morgan fingerprint density at radius 1 is 1.37 bits per heavy atom. The highest BCUT2D eigenvalue weighted by molar-refractivity contribution is 8.21. The van der Waals surface area contributed by atoms with Gasteiger partial charge in [-0.15, -0.1) is 23.5 Å². The number of ketones is 1. The Morgan fingerprint density at radius 3 is 2.47 bits per heavy atom. The molecule has 0 unspecified atom stereocenters. The van der Waals surface area contributed by atoms with E-state index in [2.05, 4.69) is 0 Å². The van der Waals surface area contributed by atoms with Crippen molar-refractivity contribution in [1.82, 2.24) is 0 Å². The van der Waals surface area contributed by atoms with Crippen LogP contribution in [-0.4, -0.2) is 23.2 Å². The number of non-ortho nitro benzene ring substituents is 1. The molecule has 0 saturated heterocycles. The van der Waals surface area contributed by atoms with Gasteiger partial charge in [0.2, 0.25) is 5.78 Å². The molecule has 0 radical (unpaired) electrons. The molecule has 0 aliphatic heterocycles. The molecule has 0 heterocycles. The number of allylic oxidation sites excluding steroid dienone is 1. The normalized spacial score (nSPS) is 9.53. The Morgan fingerprint density at radius 2 is 2.00 bits per heavy atom. The van der Waals surface area contributed by atoms with E-state index < -0.39 is 10.7 Å². The predicted octanol–water partition coefficient (Wildman–Crippen LogP) is 3.24. The minimum Gasteiger partial charge on any atom is -0.288 e. The summed E-state index contributed by atoms with van der Waals surface area (Å²) in [7, 11) is 0. The highest BCUT2D eigenvalue weighted by atomic mass is 32.2. The van der Waals surface area contributed by atoms with Gasteiger partial charge in [0.1, 0.15) is 11.6 Å². The van der Waals surface area contributed by atoms with Gasteiger partial charge in [-0.3, -0.25) is 14.9 Å². The summed E-state index contributed by atoms with van der Waals surface area (Å²) in [5.74, 6) is -0.495. The molecule has 7 heteroatoms. The molecule has 0 N–H and O–H groups in total. The second kappa shape index (κ2) is 6.97. The number of nitrogens with zero attached hydrogens (tertiary/aromatic N) is 2. The van der Waals surface area contributed by atoms with Gasteiger partial charge in [0.05, 0.1) is 9.16 Å². The van der Waals surface area contributed by atoms with Crippen molar-refractivity contribution in [3.8, 4) is 6.07 Å². The molecule has 0 bridgehead atoms. The molecule has 1 aromatic carbocycles. The number of hydrogen-bond donors (Lipinski definition) is 0. The fraction of sp³-hybridized carbons (Fsp3) is 0.167. The van der Waals surface area contributed by atoms with Gasteiger partial charge in [-0.05, 0) is 12.5 Å². The number of benzene rings is 1. The number of Topliss-reactive ketones (excluding diaryl/α,β-unsaturated/α-hetero) is 1. The summed E-state index contributed by atoms with van der Waals surface area (Å²) in [5.41, 5.74) is -0.00941. The first-order valence-electron chi connectivity index (χ1n) is 5.06. The van der Waals surface area contributed by atoms with Crippen molar-refractivity contribution < 1.29 is 9.72 Å². The first kappa shape index (κ1) is 15.3. The molecule has 0 aliphatic carbocycles. The van der Waals surface area contributed by atoms with Crippen molar-refractivity contribution in [3.63, 3.8) is 0 Å². The lowest BCUT2D eigenvalue weighted by atomic mass is 10.1. The zero-order valence-electron chi connectivity index (χ0n) is 10.2. The quantitative estimate of drug-likeness (QED) is 0.272. The molecule has 0 spiro atoms. The highest BCUT2D eigenvalue weighted by Gasteiger charge is 2.18. The smallest absolute Gasteiger partial charge is 0.270 e. The van der Waals surface area contributed by atoms with Gasteiger partial charge in [-0.1, -0.05) is 12.1 Å². The summed E-state index contributed by atoms with van der Waals surface area (Å²) in [6.07, 6.45) is 3.54. The number of carbonyl (C=O) groups is 1. The fourth-order valence-corrected chi connectivity index (χ4v) is 2.73. The molecular weight excluding hydrogens is 284 g/mol. The van der Waals surface area contributed by atoms with Crippen LogP contribution in [0.15, 0.2) is 34.1 Å². The molecule has 0 fully saturated rings. The van der Waals surface area contributed by atoms with Crippen LogP contribution in [0.3, 0.4) is 0 Å². The van der Waals surface area contributed by atoms with E-state index in [4.69, 9.17) is 5.26 Å². The topological polar surface area (TPSA) is 84.0 Å². The minimum absolute atomic E-state index is 0.0143. The van der Waals surface area contributed by atoms with Crippen molar-refractivity contribution in [2.24, 2.45) is 0 Å². The van der Waals surface area contributed by atoms with E-state index in [1.807, 2.05) is 6.07 Å². The van der Waals surface area contributed by atoms with Crippen LogP contribution in [0, 0.1) is 21.4 Å². The average Bonchev–Trinajstić information content (AvgIpc) is 2.44. The van der Waals surface area contributed by atoms with Crippen LogP contribution in [-0.2, 0) is 0 Å². The Balaban J connectivity index is 3.27. The number of nitro benzene ring substituents is 1. The Kier molecular flexibility index (Phi) is 5.60. The molecule has 5 nitrogen and oxygen atoms in total. The average molecular weight is 294 g/mol. The van der Waals surface area contributed by atoms with E-state index in [0.29, 0.717) is 4.24 Å². The maximum absolute atomic E-state index is 12.2. The Bertz CT molecular complexity index is 585. The van der Waals surface area contributed by atoms with E-state index >= 15 is 0 Å². The van der Waals surface area contributed by atoms with E-state index in [1.54, 1.807) is 12.5 Å². The van der Waals surface area contributed by atoms with Crippen LogP contribution < -0.4 is 0 Å². The minimum atomic E-state index is -0.573. The number of carbonyl (C=O) groups excluding carboxylic acids is 1. The number of hydrogen-bond acceptors (Lipinski definition) is 6. The number of nitriles is 1. The maximum Gasteiger partial charge on any atom is 0.270 e. The predicted molar refractivity (Wildman–Crippen MR) is 77.1 cm³/mol. The van der Waals surface area contributed by atoms with Crippen molar-refractivity contribution in [2.45, 2.75) is 0 Å². The molecule has 98 valence electrons. The van der Waals surface area contributed by atoms with Crippen LogP contribution in [0.25, 0.3) is 0 Å². The van der Waals surface area contributed by atoms with Gasteiger partial charge in [-0.2, -0.15) is 5.26 Å². The summed E-state index contributed by atoms with van der Waals surface area (Å²) < 4.78 is 0.596. The SMILES string of the molecule is CSC(SC)=C(C#N)C(=O)c1cccc([N+](=O)[O-])c1. The number of rotatable bonds is 5. The summed E-state index contributed by atoms with van der Waals surface area (Å²) in [6.45, 7) is 0. The van der Waals surface area contributed by atoms with Gasteiger partial charge in [0.15, 0.2) is 0 Å². The van der Waals surface area contributed by atoms with Crippen molar-refractivity contribution >= 4 is 35.0 Å². The van der Waals surface area contributed by atoms with Crippen LogP contribution in [0.4, 0.5) is 5.69 Å². The van der Waals surface area contributed by atoms with Gasteiger partial charge < -0.3 is 0 Å². The first-order chi connectivity index (χ1) is 9.04. The third kappa shape index (κ3) is 3.59. The molecule has 1 rings (SSSR count). The molecule has 0 amide bonds. The second-order valence-electron chi connectivity index (χ2n) is 3.32. The lowest BCUT2D eigenvalue weighted by Crippen LogP contribution is -2.04. The molecular formula is C12H10N2O3S2. The van der Waals surface area contributed by atoms with Crippen molar-refractivity contribution in [3.05, 3.63) is 49.8 Å². The van der Waals surface area contributed by atoms with Crippen LogP contribution in [0.5, 0.6) is 0 Å². The molecule has 0 saturated carbocycles. The lowest BCUT2D eigenvalue weighted by Gasteiger charge is -2.04. The number of thioether (sulfide) groups is 2. The molecule has 1 aromatic rings. The summed E-state index contributed by atoms with van der Waals surface area (Å²) in [4.78, 5) is 22.3.